The molecule has 0 fully saturated rings. The lowest BCUT2D eigenvalue weighted by atomic mass is 9.93. The van der Waals surface area contributed by atoms with Crippen LogP contribution in [0, 0.1) is 0 Å². The number of allylic oxidation sites excluding steroid dienone is 1. The number of esters is 1. The van der Waals surface area contributed by atoms with Gasteiger partial charge in [-0.2, -0.15) is 0 Å². The summed E-state index contributed by atoms with van der Waals surface area (Å²) in [5, 5.41) is 3.26. The Balaban J connectivity index is 1.97. The average Bonchev–Trinajstić information content (AvgIpc) is 3.19. The van der Waals surface area contributed by atoms with Crippen LogP contribution < -0.4 is 19.5 Å². The van der Waals surface area contributed by atoms with Crippen LogP contribution in [0.25, 0.3) is 11.0 Å². The number of anilines is 1. The maximum Gasteiger partial charge on any atom is 0.338 e. The van der Waals surface area contributed by atoms with E-state index in [9.17, 15) is 4.79 Å². The third-order valence-electron chi connectivity index (χ3n) is 5.60. The van der Waals surface area contributed by atoms with E-state index in [0.717, 1.165) is 11.0 Å². The van der Waals surface area contributed by atoms with Crippen molar-refractivity contribution in [3.63, 3.8) is 0 Å². The molecule has 0 spiro atoms. The molecule has 0 saturated heterocycles. The van der Waals surface area contributed by atoms with Crippen LogP contribution in [0.1, 0.15) is 18.5 Å². The molecule has 0 radical (unpaired) electrons. The van der Waals surface area contributed by atoms with Crippen molar-refractivity contribution in [2.24, 2.45) is 0 Å². The van der Waals surface area contributed by atoms with E-state index in [0.29, 0.717) is 46.6 Å². The molecular formula is C24H27N3O6. The summed E-state index contributed by atoms with van der Waals surface area (Å²) < 4.78 is 29.4. The topological polar surface area (TPSA) is 93.1 Å². The minimum Gasteiger partial charge on any atom is -0.493 e. The van der Waals surface area contributed by atoms with Gasteiger partial charge in [0, 0.05) is 18.4 Å². The first-order chi connectivity index (χ1) is 16.0. The Labute approximate surface area is 191 Å². The number of rotatable bonds is 8. The lowest BCUT2D eigenvalue weighted by Crippen LogP contribution is -2.29. The van der Waals surface area contributed by atoms with Gasteiger partial charge in [-0.05, 0) is 31.2 Å². The van der Waals surface area contributed by atoms with E-state index in [-0.39, 0.29) is 6.61 Å². The second-order valence-electron chi connectivity index (χ2n) is 7.41. The fourth-order valence-corrected chi connectivity index (χ4v) is 4.16. The second-order valence-corrected chi connectivity index (χ2v) is 7.41. The molecule has 2 heterocycles. The first-order valence-electron chi connectivity index (χ1n) is 10.4. The van der Waals surface area contributed by atoms with Gasteiger partial charge in [0.2, 0.25) is 11.7 Å². The van der Waals surface area contributed by atoms with Gasteiger partial charge in [0.25, 0.3) is 0 Å². The number of aromatic nitrogens is 2. The Bertz CT molecular complexity index is 1220. The molecule has 33 heavy (non-hydrogen) atoms. The van der Waals surface area contributed by atoms with Gasteiger partial charge < -0.3 is 29.0 Å². The predicted molar refractivity (Wildman–Crippen MR) is 123 cm³/mol. The van der Waals surface area contributed by atoms with E-state index >= 15 is 0 Å². The van der Waals surface area contributed by atoms with E-state index < -0.39 is 12.0 Å². The van der Waals surface area contributed by atoms with Crippen molar-refractivity contribution in [3.8, 4) is 17.2 Å². The van der Waals surface area contributed by atoms with E-state index in [1.165, 1.54) is 0 Å². The molecule has 1 aliphatic heterocycles. The van der Waals surface area contributed by atoms with Crippen molar-refractivity contribution in [2.75, 3.05) is 47.0 Å². The molecular weight excluding hydrogens is 426 g/mol. The monoisotopic (exact) mass is 453 g/mol. The molecule has 1 aromatic heterocycles. The third-order valence-corrected chi connectivity index (χ3v) is 5.60. The number of para-hydroxylation sites is 2. The number of imidazole rings is 1. The van der Waals surface area contributed by atoms with Gasteiger partial charge >= 0.3 is 5.97 Å². The van der Waals surface area contributed by atoms with Crippen LogP contribution in [-0.4, -0.2) is 57.2 Å². The number of fused-ring (bicyclic) bond motifs is 3. The SMILES string of the molecule is COCCOC(=O)C1=C(C)Nc2nc3ccccc3n2C1c1ccc(OC)c(OC)c1OC. The van der Waals surface area contributed by atoms with Crippen LogP contribution in [0.5, 0.6) is 17.2 Å². The zero-order valence-corrected chi connectivity index (χ0v) is 19.3. The second kappa shape index (κ2) is 9.41. The lowest BCUT2D eigenvalue weighted by molar-refractivity contribution is -0.140. The number of hydrogen-bond donors (Lipinski definition) is 1. The van der Waals surface area contributed by atoms with Crippen LogP contribution in [0.15, 0.2) is 47.7 Å². The lowest BCUT2D eigenvalue weighted by Gasteiger charge is -2.31. The molecule has 1 unspecified atom stereocenters. The first kappa shape index (κ1) is 22.5. The summed E-state index contributed by atoms with van der Waals surface area (Å²) in [6.45, 7) is 2.27. The molecule has 9 heteroatoms. The smallest absolute Gasteiger partial charge is 0.338 e. The quantitative estimate of drug-likeness (QED) is 0.409. The van der Waals surface area contributed by atoms with E-state index in [1.54, 1.807) is 34.5 Å². The van der Waals surface area contributed by atoms with Crippen LogP contribution in [0.3, 0.4) is 0 Å². The maximum atomic E-state index is 13.3. The minimum absolute atomic E-state index is 0.138. The summed E-state index contributed by atoms with van der Waals surface area (Å²) in [7, 11) is 6.22. The van der Waals surface area contributed by atoms with Crippen molar-refractivity contribution >= 4 is 23.0 Å². The molecule has 4 rings (SSSR count). The highest BCUT2D eigenvalue weighted by Crippen LogP contribution is 2.48. The zero-order chi connectivity index (χ0) is 23.5. The van der Waals surface area contributed by atoms with Crippen molar-refractivity contribution in [1.82, 2.24) is 9.55 Å². The molecule has 0 amide bonds. The minimum atomic E-state index is -0.585. The molecule has 1 atom stereocenters. The Morgan fingerprint density at radius 3 is 2.45 bits per heavy atom. The standard InChI is InChI=1S/C24H27N3O6/c1-14-19(23(28)33-13-12-29-2)20(15-10-11-18(30-3)22(32-5)21(15)31-4)27-17-9-7-6-8-16(17)26-24(27)25-14/h6-11,20H,12-13H2,1-5H3,(H,25,26). The van der Waals surface area contributed by atoms with Crippen molar-refractivity contribution < 1.29 is 28.5 Å². The summed E-state index contributed by atoms with van der Waals surface area (Å²) in [5.74, 6) is 1.58. The average molecular weight is 453 g/mol. The fourth-order valence-electron chi connectivity index (χ4n) is 4.16. The number of hydrogen-bond acceptors (Lipinski definition) is 8. The van der Waals surface area contributed by atoms with Crippen molar-refractivity contribution in [1.29, 1.82) is 0 Å². The number of ether oxygens (including phenoxy) is 5. The Morgan fingerprint density at radius 1 is 1.00 bits per heavy atom. The number of nitrogens with zero attached hydrogens (tertiary/aromatic N) is 2. The number of methoxy groups -OCH3 is 4. The fraction of sp³-hybridized carbons (Fsp3) is 0.333. The normalized spacial score (nSPS) is 15.1. The van der Waals surface area contributed by atoms with Crippen LogP contribution in [-0.2, 0) is 14.3 Å². The van der Waals surface area contributed by atoms with Gasteiger partial charge in [0.15, 0.2) is 11.5 Å². The van der Waals surface area contributed by atoms with Gasteiger partial charge in [-0.1, -0.05) is 12.1 Å². The molecule has 3 aromatic rings. The molecule has 174 valence electrons. The highest BCUT2D eigenvalue weighted by Gasteiger charge is 2.37. The molecule has 2 aromatic carbocycles. The van der Waals surface area contributed by atoms with Crippen LogP contribution >= 0.6 is 0 Å². The highest BCUT2D eigenvalue weighted by atomic mass is 16.6. The summed E-state index contributed by atoms with van der Waals surface area (Å²) in [4.78, 5) is 18.0. The molecule has 0 saturated carbocycles. The molecule has 1 N–H and O–H groups in total. The van der Waals surface area contributed by atoms with E-state index in [4.69, 9.17) is 28.7 Å². The number of carbonyl (C=O) groups is 1. The van der Waals surface area contributed by atoms with Crippen LogP contribution in [0.2, 0.25) is 0 Å². The summed E-state index contributed by atoms with van der Waals surface area (Å²) >= 11 is 0. The number of nitrogens with one attached hydrogen (secondary N) is 1. The number of benzene rings is 2. The molecule has 1 aliphatic rings. The largest absolute Gasteiger partial charge is 0.493 e. The van der Waals surface area contributed by atoms with Crippen LogP contribution in [0.4, 0.5) is 5.95 Å². The van der Waals surface area contributed by atoms with Crippen molar-refractivity contribution in [3.05, 3.63) is 53.2 Å². The van der Waals surface area contributed by atoms with Crippen molar-refractivity contribution in [2.45, 2.75) is 13.0 Å². The predicted octanol–water partition coefficient (Wildman–Crippen LogP) is 3.54. The van der Waals surface area contributed by atoms with Gasteiger partial charge in [0.05, 0.1) is 50.6 Å². The molecule has 0 aliphatic carbocycles. The highest BCUT2D eigenvalue weighted by molar-refractivity contribution is 5.94. The van der Waals surface area contributed by atoms with Gasteiger partial charge in [-0.15, -0.1) is 0 Å². The van der Waals surface area contributed by atoms with Gasteiger partial charge in [-0.3, -0.25) is 4.57 Å². The van der Waals surface area contributed by atoms with E-state index in [1.807, 2.05) is 41.8 Å². The summed E-state index contributed by atoms with van der Waals surface area (Å²) in [6.07, 6.45) is 0. The first-order valence-corrected chi connectivity index (χ1v) is 10.4. The summed E-state index contributed by atoms with van der Waals surface area (Å²) in [5.41, 5.74) is 3.44. The van der Waals surface area contributed by atoms with E-state index in [2.05, 4.69) is 5.32 Å². The Hall–Kier alpha value is -3.72. The summed E-state index contributed by atoms with van der Waals surface area (Å²) in [6, 6.07) is 10.8. The Morgan fingerprint density at radius 2 is 1.76 bits per heavy atom. The number of carbonyl (C=O) groups excluding carboxylic acids is 1. The Kier molecular flexibility index (Phi) is 6.41. The molecule has 9 nitrogen and oxygen atoms in total. The zero-order valence-electron chi connectivity index (χ0n) is 19.3. The van der Waals surface area contributed by atoms with Gasteiger partial charge in [0.1, 0.15) is 6.61 Å². The third kappa shape index (κ3) is 3.84. The maximum absolute atomic E-state index is 13.3. The molecule has 0 bridgehead atoms. The van der Waals surface area contributed by atoms with Gasteiger partial charge in [-0.25, -0.2) is 9.78 Å².